The fourth-order valence-corrected chi connectivity index (χ4v) is 7.13. The van der Waals surface area contributed by atoms with Crippen LogP contribution in [0.3, 0.4) is 0 Å². The van der Waals surface area contributed by atoms with E-state index in [9.17, 15) is 4.79 Å². The highest BCUT2D eigenvalue weighted by Gasteiger charge is 2.31. The van der Waals surface area contributed by atoms with Crippen LogP contribution in [0.4, 0.5) is 28.7 Å². The Bertz CT molecular complexity index is 1640. The summed E-state index contributed by atoms with van der Waals surface area (Å²) in [6.45, 7) is 8.31. The molecule has 0 aliphatic carbocycles. The Morgan fingerprint density at radius 2 is 1.85 bits per heavy atom. The lowest BCUT2D eigenvalue weighted by Crippen LogP contribution is -2.50. The van der Waals surface area contributed by atoms with Crippen molar-refractivity contribution in [1.82, 2.24) is 19.8 Å². The summed E-state index contributed by atoms with van der Waals surface area (Å²) in [5, 5.41) is 8.24. The van der Waals surface area contributed by atoms with Crippen molar-refractivity contribution in [3.63, 3.8) is 0 Å². The van der Waals surface area contributed by atoms with Crippen molar-refractivity contribution in [2.24, 2.45) is 0 Å². The molecule has 1 aromatic heterocycles. The fraction of sp³-hybridized carbons (Fsp3) is 0.432. The van der Waals surface area contributed by atoms with Crippen LogP contribution in [0.15, 0.2) is 61.4 Å². The van der Waals surface area contributed by atoms with Crippen LogP contribution in [0.25, 0.3) is 0 Å². The molecular weight excluding hydrogens is 604 g/mol. The highest BCUT2D eigenvalue weighted by atomic mass is 16.7. The standard InChI is InChI=1S/C37H46N8O3/c1-6-26-9-8-10-27(21-26)32-15-20-48-45(32)36-24-35(38-25-39-36)40-31-22-30(41-37(46)7-2)33(23-34(31)47-5)44-18-13-29(14-19-44)43-16-11-28(12-17-43)42(3)4/h1,7-10,21-25,28-29,32H,2,11-20H2,3-5H3,(H,41,46)(H,38,39,40)/t32-/m1/s1. The van der Waals surface area contributed by atoms with Crippen molar-refractivity contribution in [2.75, 3.05) is 74.6 Å². The number of nitrogens with zero attached hydrogens (tertiary/aromatic N) is 6. The molecule has 2 N–H and O–H groups in total. The fourth-order valence-electron chi connectivity index (χ4n) is 7.13. The lowest BCUT2D eigenvalue weighted by atomic mass is 9.97. The maximum Gasteiger partial charge on any atom is 0.247 e. The Hall–Kier alpha value is -4.63. The molecule has 1 amide bonds. The predicted octanol–water partition coefficient (Wildman–Crippen LogP) is 5.21. The average Bonchev–Trinajstić information content (AvgIpc) is 3.62. The Morgan fingerprint density at radius 1 is 1.06 bits per heavy atom. The minimum atomic E-state index is -0.276. The minimum Gasteiger partial charge on any atom is -0.494 e. The first-order valence-corrected chi connectivity index (χ1v) is 16.8. The number of benzene rings is 2. The van der Waals surface area contributed by atoms with Gasteiger partial charge in [0.1, 0.15) is 17.9 Å². The number of piperidine rings is 2. The van der Waals surface area contributed by atoms with E-state index in [0.29, 0.717) is 47.5 Å². The van der Waals surface area contributed by atoms with Crippen LogP contribution in [0.1, 0.15) is 49.3 Å². The molecule has 6 rings (SSSR count). The van der Waals surface area contributed by atoms with E-state index >= 15 is 0 Å². The number of rotatable bonds is 10. The van der Waals surface area contributed by atoms with E-state index < -0.39 is 0 Å². The third-order valence-electron chi connectivity index (χ3n) is 9.80. The summed E-state index contributed by atoms with van der Waals surface area (Å²) in [4.78, 5) is 35.0. The minimum absolute atomic E-state index is 0.0374. The van der Waals surface area contributed by atoms with E-state index in [0.717, 1.165) is 62.3 Å². The molecule has 0 unspecified atom stereocenters. The molecule has 11 nitrogen and oxygen atoms in total. The molecule has 11 heteroatoms. The molecule has 0 spiro atoms. The smallest absolute Gasteiger partial charge is 0.247 e. The molecule has 0 radical (unpaired) electrons. The third kappa shape index (κ3) is 7.41. The number of hydroxylamine groups is 1. The quantitative estimate of drug-likeness (QED) is 0.225. The van der Waals surface area contributed by atoms with Gasteiger partial charge in [0, 0.05) is 49.3 Å². The Kier molecular flexibility index (Phi) is 10.4. The van der Waals surface area contributed by atoms with Crippen molar-refractivity contribution >= 4 is 34.6 Å². The molecule has 4 heterocycles. The molecule has 3 fully saturated rings. The van der Waals surface area contributed by atoms with Crippen LogP contribution in [0.5, 0.6) is 5.75 Å². The second kappa shape index (κ2) is 15.1. The average molecular weight is 651 g/mol. The number of carbonyl (C=O) groups excluding carboxylic acids is 1. The summed E-state index contributed by atoms with van der Waals surface area (Å²) in [7, 11) is 6.01. The molecular formula is C37H46N8O3. The highest BCUT2D eigenvalue weighted by molar-refractivity contribution is 6.02. The molecule has 3 aromatic rings. The van der Waals surface area contributed by atoms with E-state index in [1.807, 2.05) is 41.5 Å². The summed E-state index contributed by atoms with van der Waals surface area (Å²) in [5.74, 6) is 4.24. The van der Waals surface area contributed by atoms with E-state index in [4.69, 9.17) is 16.0 Å². The normalized spacial score (nSPS) is 19.3. The number of carbonyl (C=O) groups is 1. The van der Waals surface area contributed by atoms with Crippen LogP contribution in [0, 0.1) is 12.3 Å². The number of hydrogen-bond acceptors (Lipinski definition) is 10. The lowest BCUT2D eigenvalue weighted by molar-refractivity contribution is -0.111. The van der Waals surface area contributed by atoms with Gasteiger partial charge in [0.2, 0.25) is 5.91 Å². The van der Waals surface area contributed by atoms with Crippen molar-refractivity contribution in [2.45, 2.75) is 50.2 Å². The second-order valence-electron chi connectivity index (χ2n) is 12.8. The van der Waals surface area contributed by atoms with E-state index in [1.165, 1.54) is 25.2 Å². The van der Waals surface area contributed by atoms with Gasteiger partial charge in [-0.05, 0) is 82.7 Å². The summed E-state index contributed by atoms with van der Waals surface area (Å²) < 4.78 is 5.88. The van der Waals surface area contributed by atoms with Gasteiger partial charge in [-0.25, -0.2) is 15.0 Å². The monoisotopic (exact) mass is 650 g/mol. The summed E-state index contributed by atoms with van der Waals surface area (Å²) in [6.07, 6.45) is 13.8. The predicted molar refractivity (Wildman–Crippen MR) is 191 cm³/mol. The van der Waals surface area contributed by atoms with Gasteiger partial charge in [-0.15, -0.1) is 6.42 Å². The van der Waals surface area contributed by atoms with Gasteiger partial charge in [-0.3, -0.25) is 9.63 Å². The van der Waals surface area contributed by atoms with Crippen LogP contribution >= 0.6 is 0 Å². The van der Waals surface area contributed by atoms with Crippen LogP contribution < -0.4 is 25.3 Å². The number of ether oxygens (including phenoxy) is 1. The number of aromatic nitrogens is 2. The number of amides is 1. The van der Waals surface area contributed by atoms with Crippen molar-refractivity contribution in [3.05, 3.63) is 72.6 Å². The van der Waals surface area contributed by atoms with Gasteiger partial charge < -0.3 is 30.1 Å². The molecule has 3 aliphatic heterocycles. The second-order valence-corrected chi connectivity index (χ2v) is 12.8. The van der Waals surface area contributed by atoms with Gasteiger partial charge >= 0.3 is 0 Å². The summed E-state index contributed by atoms with van der Waals surface area (Å²) >= 11 is 0. The van der Waals surface area contributed by atoms with Gasteiger partial charge in [0.25, 0.3) is 0 Å². The topological polar surface area (TPSA) is 98.3 Å². The molecule has 2 aromatic carbocycles. The first-order chi connectivity index (χ1) is 23.4. The SMILES string of the molecule is C#Cc1cccc([C@H]2CCON2c2cc(Nc3cc(NC(=O)C=C)c(N4CCC(N5CCC(N(C)C)CC5)CC4)cc3OC)ncn2)c1. The number of anilines is 5. The van der Waals surface area contributed by atoms with Crippen molar-refractivity contribution in [3.8, 4) is 18.1 Å². The summed E-state index contributed by atoms with van der Waals surface area (Å²) in [6, 6.07) is 14.9. The zero-order valence-corrected chi connectivity index (χ0v) is 28.2. The number of terminal acetylenes is 1. The van der Waals surface area contributed by atoms with E-state index in [2.05, 4.69) is 68.0 Å². The number of likely N-dealkylation sites (tertiary alicyclic amines) is 1. The first-order valence-electron chi connectivity index (χ1n) is 16.8. The van der Waals surface area contributed by atoms with Gasteiger partial charge in [0.15, 0.2) is 5.82 Å². The highest BCUT2D eigenvalue weighted by Crippen LogP contribution is 2.41. The molecule has 1 atom stereocenters. The molecule has 0 bridgehead atoms. The maximum absolute atomic E-state index is 12.6. The van der Waals surface area contributed by atoms with Gasteiger partial charge in [0.05, 0.1) is 36.8 Å². The molecule has 48 heavy (non-hydrogen) atoms. The zero-order valence-electron chi connectivity index (χ0n) is 28.2. The molecule has 0 saturated carbocycles. The largest absolute Gasteiger partial charge is 0.494 e. The maximum atomic E-state index is 12.6. The Morgan fingerprint density at radius 3 is 2.56 bits per heavy atom. The van der Waals surface area contributed by atoms with Crippen LogP contribution in [-0.4, -0.2) is 91.7 Å². The Balaban J connectivity index is 1.20. The third-order valence-corrected chi connectivity index (χ3v) is 9.80. The lowest BCUT2D eigenvalue weighted by Gasteiger charge is -2.43. The molecule has 252 valence electrons. The van der Waals surface area contributed by atoms with Crippen LogP contribution in [-0.2, 0) is 9.63 Å². The summed E-state index contributed by atoms with van der Waals surface area (Å²) in [5.41, 5.74) is 4.14. The molecule has 3 aliphatic rings. The van der Waals surface area contributed by atoms with Crippen molar-refractivity contribution in [1.29, 1.82) is 0 Å². The number of hydrogen-bond donors (Lipinski definition) is 2. The molecule has 3 saturated heterocycles. The van der Waals surface area contributed by atoms with Crippen molar-refractivity contribution < 1.29 is 14.4 Å². The Labute approximate surface area is 283 Å². The van der Waals surface area contributed by atoms with Crippen LogP contribution in [0.2, 0.25) is 0 Å². The number of nitrogens with one attached hydrogen (secondary N) is 2. The first kappa shape index (κ1) is 33.3. The van der Waals surface area contributed by atoms with E-state index in [1.54, 1.807) is 7.11 Å². The number of methoxy groups -OCH3 is 1. The zero-order chi connectivity index (χ0) is 33.6. The van der Waals surface area contributed by atoms with E-state index in [-0.39, 0.29) is 11.9 Å². The van der Waals surface area contributed by atoms with Gasteiger partial charge in [-0.2, -0.15) is 0 Å². The van der Waals surface area contributed by atoms with Gasteiger partial charge in [-0.1, -0.05) is 24.6 Å².